The Balaban J connectivity index is 1.58. The molecule has 1 spiro atoms. The maximum atomic E-state index is 12.2. The third-order valence-corrected chi connectivity index (χ3v) is 7.44. The Hall–Kier alpha value is -0.860. The minimum Gasteiger partial charge on any atom is -0.481 e. The number of Topliss-reactive ketones (excluding diaryl/α,β-unsaturated/α-hetero) is 1. The van der Waals surface area contributed by atoms with Gasteiger partial charge in [0.2, 0.25) is 0 Å². The maximum absolute atomic E-state index is 12.2. The summed E-state index contributed by atoms with van der Waals surface area (Å²) >= 11 is 0. The molecular weight excluding hydrogens is 264 g/mol. The first-order valence-corrected chi connectivity index (χ1v) is 8.83. The minimum absolute atomic E-state index is 0.326. The lowest BCUT2D eigenvalue weighted by Crippen LogP contribution is -2.47. The van der Waals surface area contributed by atoms with E-state index in [0.717, 1.165) is 31.6 Å². The van der Waals surface area contributed by atoms with Crippen molar-refractivity contribution in [3.8, 4) is 0 Å². The van der Waals surface area contributed by atoms with Crippen molar-refractivity contribution >= 4 is 11.8 Å². The molecule has 3 heteroatoms. The summed E-state index contributed by atoms with van der Waals surface area (Å²) in [6, 6.07) is 0. The highest BCUT2D eigenvalue weighted by atomic mass is 16.4. The number of hydrogen-bond donors (Lipinski definition) is 1. The zero-order valence-corrected chi connectivity index (χ0v) is 12.7. The quantitative estimate of drug-likeness (QED) is 0.844. The Kier molecular flexibility index (Phi) is 3.16. The molecule has 4 fully saturated rings. The summed E-state index contributed by atoms with van der Waals surface area (Å²) < 4.78 is 0. The zero-order chi connectivity index (χ0) is 14.6. The molecule has 0 heterocycles. The summed E-state index contributed by atoms with van der Waals surface area (Å²) in [5.41, 5.74) is 0.326. The average molecular weight is 290 g/mol. The fourth-order valence-electron chi connectivity index (χ4n) is 6.72. The van der Waals surface area contributed by atoms with Crippen LogP contribution in [-0.4, -0.2) is 16.9 Å². The monoisotopic (exact) mass is 290 g/mol. The van der Waals surface area contributed by atoms with Crippen LogP contribution in [-0.2, 0) is 9.59 Å². The average Bonchev–Trinajstić information content (AvgIpc) is 2.68. The fraction of sp³-hybridized carbons (Fsp3) is 0.889. The van der Waals surface area contributed by atoms with Gasteiger partial charge < -0.3 is 5.11 Å². The standard InChI is InChI=1S/C18H26O3/c19-16-10-18-7-6-13-11(8-17(20)21)2-1-3-14(13)15(18)5-4-12(16)9-18/h11-15H,1-10H2,(H,20,21)/t11-,12?,13-,14?,15+,18?/m1/s1. The van der Waals surface area contributed by atoms with E-state index >= 15 is 0 Å². The van der Waals surface area contributed by atoms with Crippen molar-refractivity contribution in [1.82, 2.24) is 0 Å². The van der Waals surface area contributed by atoms with Crippen LogP contribution in [0.15, 0.2) is 0 Å². The molecule has 21 heavy (non-hydrogen) atoms. The zero-order valence-electron chi connectivity index (χ0n) is 12.7. The van der Waals surface area contributed by atoms with Gasteiger partial charge in [-0.15, -0.1) is 0 Å². The molecule has 4 aliphatic rings. The first kappa shape index (κ1) is 13.8. The lowest BCUT2D eigenvalue weighted by Gasteiger charge is -2.55. The van der Waals surface area contributed by atoms with Gasteiger partial charge in [-0.05, 0) is 74.0 Å². The molecule has 2 bridgehead atoms. The van der Waals surface area contributed by atoms with Gasteiger partial charge in [0.25, 0.3) is 0 Å². The first-order chi connectivity index (χ1) is 10.1. The van der Waals surface area contributed by atoms with Gasteiger partial charge in [0, 0.05) is 18.8 Å². The van der Waals surface area contributed by atoms with Crippen molar-refractivity contribution in [2.75, 3.05) is 0 Å². The topological polar surface area (TPSA) is 54.4 Å². The van der Waals surface area contributed by atoms with Crippen molar-refractivity contribution in [1.29, 1.82) is 0 Å². The molecule has 0 aromatic rings. The van der Waals surface area contributed by atoms with Gasteiger partial charge in [-0.1, -0.05) is 6.42 Å². The maximum Gasteiger partial charge on any atom is 0.303 e. The van der Waals surface area contributed by atoms with E-state index in [1.807, 2.05) is 0 Å². The van der Waals surface area contributed by atoms with Crippen molar-refractivity contribution < 1.29 is 14.7 Å². The number of carboxylic acids is 1. The molecule has 4 rings (SSSR count). The van der Waals surface area contributed by atoms with Gasteiger partial charge in [-0.25, -0.2) is 0 Å². The molecule has 0 radical (unpaired) electrons. The molecule has 3 unspecified atom stereocenters. The van der Waals surface area contributed by atoms with Crippen molar-refractivity contribution in [3.05, 3.63) is 0 Å². The van der Waals surface area contributed by atoms with Gasteiger partial charge in [-0.3, -0.25) is 9.59 Å². The Morgan fingerprint density at radius 3 is 2.81 bits per heavy atom. The Morgan fingerprint density at radius 2 is 2.00 bits per heavy atom. The van der Waals surface area contributed by atoms with E-state index in [-0.39, 0.29) is 0 Å². The lowest BCUT2D eigenvalue weighted by atomic mass is 9.49. The highest BCUT2D eigenvalue weighted by molar-refractivity contribution is 5.84. The van der Waals surface area contributed by atoms with Crippen LogP contribution in [0, 0.1) is 35.0 Å². The third-order valence-electron chi connectivity index (χ3n) is 7.44. The summed E-state index contributed by atoms with van der Waals surface area (Å²) in [5.74, 6) is 2.73. The van der Waals surface area contributed by atoms with Crippen LogP contribution in [0.3, 0.4) is 0 Å². The lowest BCUT2D eigenvalue weighted by molar-refractivity contribution is -0.140. The summed E-state index contributed by atoms with van der Waals surface area (Å²) in [6.07, 6.45) is 10.7. The van der Waals surface area contributed by atoms with Crippen LogP contribution in [0.25, 0.3) is 0 Å². The fourth-order valence-corrected chi connectivity index (χ4v) is 6.72. The van der Waals surface area contributed by atoms with Gasteiger partial charge in [0.15, 0.2) is 0 Å². The van der Waals surface area contributed by atoms with Crippen LogP contribution in [0.1, 0.15) is 64.2 Å². The highest BCUT2D eigenvalue weighted by Gasteiger charge is 2.58. The molecule has 116 valence electrons. The number of hydrogen-bond acceptors (Lipinski definition) is 2. The molecule has 6 atom stereocenters. The van der Waals surface area contributed by atoms with Gasteiger partial charge in [0.1, 0.15) is 5.78 Å². The van der Waals surface area contributed by atoms with Gasteiger partial charge in [-0.2, -0.15) is 0 Å². The van der Waals surface area contributed by atoms with E-state index in [9.17, 15) is 14.7 Å². The van der Waals surface area contributed by atoms with E-state index in [2.05, 4.69) is 0 Å². The van der Waals surface area contributed by atoms with Crippen LogP contribution >= 0.6 is 0 Å². The number of carboxylic acid groups (broad SMARTS) is 1. The Morgan fingerprint density at radius 1 is 1.14 bits per heavy atom. The summed E-state index contributed by atoms with van der Waals surface area (Å²) in [6.45, 7) is 0. The number of ketones is 1. The number of fused-ring (bicyclic) bond motifs is 3. The molecule has 0 aromatic carbocycles. The number of rotatable bonds is 2. The van der Waals surface area contributed by atoms with Gasteiger partial charge >= 0.3 is 5.97 Å². The summed E-state index contributed by atoms with van der Waals surface area (Å²) in [4.78, 5) is 23.3. The van der Waals surface area contributed by atoms with Crippen molar-refractivity contribution in [2.24, 2.45) is 35.0 Å². The third kappa shape index (κ3) is 2.07. The predicted molar refractivity (Wildman–Crippen MR) is 78.7 cm³/mol. The van der Waals surface area contributed by atoms with Crippen LogP contribution in [0.5, 0.6) is 0 Å². The van der Waals surface area contributed by atoms with E-state index in [4.69, 9.17) is 0 Å². The molecule has 0 amide bonds. The van der Waals surface area contributed by atoms with E-state index in [1.165, 1.54) is 32.1 Å². The molecule has 1 N–H and O–H groups in total. The molecule has 4 saturated carbocycles. The van der Waals surface area contributed by atoms with E-state index < -0.39 is 5.97 Å². The molecule has 3 nitrogen and oxygen atoms in total. The number of carbonyl (C=O) groups excluding carboxylic acids is 1. The van der Waals surface area contributed by atoms with Crippen molar-refractivity contribution in [2.45, 2.75) is 64.2 Å². The molecular formula is C18H26O3. The highest BCUT2D eigenvalue weighted by Crippen LogP contribution is 2.64. The molecule has 0 saturated heterocycles. The predicted octanol–water partition coefficient (Wildman–Crippen LogP) is 3.66. The molecule has 0 aliphatic heterocycles. The second-order valence-corrected chi connectivity index (χ2v) is 8.25. The Bertz CT molecular complexity index is 471. The Labute approximate surface area is 126 Å². The van der Waals surface area contributed by atoms with Crippen LogP contribution in [0.2, 0.25) is 0 Å². The number of aliphatic carboxylic acids is 1. The second-order valence-electron chi connectivity index (χ2n) is 8.25. The van der Waals surface area contributed by atoms with Gasteiger partial charge in [0.05, 0.1) is 0 Å². The summed E-state index contributed by atoms with van der Waals surface area (Å²) in [7, 11) is 0. The molecule has 4 aliphatic carbocycles. The van der Waals surface area contributed by atoms with E-state index in [0.29, 0.717) is 41.3 Å². The van der Waals surface area contributed by atoms with Crippen LogP contribution < -0.4 is 0 Å². The summed E-state index contributed by atoms with van der Waals surface area (Å²) in [5, 5.41) is 9.18. The first-order valence-electron chi connectivity index (χ1n) is 8.83. The smallest absolute Gasteiger partial charge is 0.303 e. The second kappa shape index (κ2) is 4.82. The normalized spacial score (nSPS) is 48.6. The van der Waals surface area contributed by atoms with E-state index in [1.54, 1.807) is 0 Å². The van der Waals surface area contributed by atoms with Crippen LogP contribution in [0.4, 0.5) is 0 Å². The number of carbonyl (C=O) groups is 2. The molecule has 0 aromatic heterocycles. The SMILES string of the molecule is O=C(O)C[C@H]1CCCC2[C@@H]1CCC13CC(=O)C(CC[C@@H]21)C3. The largest absolute Gasteiger partial charge is 0.481 e. The minimum atomic E-state index is -0.624. The van der Waals surface area contributed by atoms with Crippen molar-refractivity contribution in [3.63, 3.8) is 0 Å².